The van der Waals surface area contributed by atoms with Gasteiger partial charge in [0.25, 0.3) is 5.91 Å². The number of hydrogen-bond acceptors (Lipinski definition) is 1. The van der Waals surface area contributed by atoms with Crippen LogP contribution in [0.25, 0.3) is 0 Å². The van der Waals surface area contributed by atoms with Gasteiger partial charge in [-0.2, -0.15) is 0 Å². The lowest BCUT2D eigenvalue weighted by atomic mass is 9.77. The third kappa shape index (κ3) is 3.53. The van der Waals surface area contributed by atoms with Crippen molar-refractivity contribution in [1.29, 1.82) is 0 Å². The van der Waals surface area contributed by atoms with Crippen LogP contribution in [-0.4, -0.2) is 17.3 Å². The van der Waals surface area contributed by atoms with Crippen molar-refractivity contribution in [2.45, 2.75) is 38.1 Å². The van der Waals surface area contributed by atoms with Crippen LogP contribution in [0.15, 0.2) is 22.7 Å². The average molecular weight is 363 g/mol. The quantitative estimate of drug-likeness (QED) is 0.788. The Kier molecular flexibility index (Phi) is 5.08. The molecule has 2 unspecified atom stereocenters. The Morgan fingerprint density at radius 2 is 2.35 bits per heavy atom. The van der Waals surface area contributed by atoms with E-state index < -0.39 is 5.82 Å². The molecule has 1 aliphatic rings. The zero-order valence-electron chi connectivity index (χ0n) is 11.4. The molecule has 1 aromatic carbocycles. The second-order valence-electron chi connectivity index (χ2n) is 5.70. The molecule has 2 rings (SSSR count). The first kappa shape index (κ1) is 15.8. The van der Waals surface area contributed by atoms with E-state index in [0.717, 1.165) is 19.3 Å². The zero-order valence-corrected chi connectivity index (χ0v) is 13.7. The average Bonchev–Trinajstić information content (AvgIpc) is 2.41. The zero-order chi connectivity index (χ0) is 14.8. The molecule has 0 aromatic heterocycles. The highest BCUT2D eigenvalue weighted by atomic mass is 79.9. The number of carbonyl (C=O) groups excluding carboxylic acids is 1. The summed E-state index contributed by atoms with van der Waals surface area (Å²) in [6.45, 7) is 2.17. The number of rotatable bonds is 3. The van der Waals surface area contributed by atoms with Gasteiger partial charge in [-0.1, -0.05) is 19.8 Å². The molecule has 5 heteroatoms. The van der Waals surface area contributed by atoms with E-state index in [-0.39, 0.29) is 11.4 Å². The molecule has 0 heterocycles. The first-order chi connectivity index (χ1) is 9.46. The topological polar surface area (TPSA) is 29.1 Å². The minimum Gasteiger partial charge on any atom is -0.345 e. The fourth-order valence-corrected chi connectivity index (χ4v) is 3.43. The fourth-order valence-electron chi connectivity index (χ4n) is 2.88. The molecular weight excluding hydrogens is 345 g/mol. The second-order valence-corrected chi connectivity index (χ2v) is 6.82. The standard InChI is InChI=1S/C15H18BrClFNO/c1-10-3-2-6-15(8-10,9-17)19-14(20)11-4-5-12(16)13(18)7-11/h4-5,7,10H,2-3,6,8-9H2,1H3,(H,19,20). The molecule has 20 heavy (non-hydrogen) atoms. The summed E-state index contributed by atoms with van der Waals surface area (Å²) in [6.07, 6.45) is 3.98. The molecule has 1 saturated carbocycles. The number of hydrogen-bond donors (Lipinski definition) is 1. The minimum atomic E-state index is -0.436. The Morgan fingerprint density at radius 1 is 1.60 bits per heavy atom. The summed E-state index contributed by atoms with van der Waals surface area (Å²) < 4.78 is 13.9. The summed E-state index contributed by atoms with van der Waals surface area (Å²) in [6, 6.07) is 4.39. The Balaban J connectivity index is 2.14. The number of carbonyl (C=O) groups is 1. The summed E-state index contributed by atoms with van der Waals surface area (Å²) in [7, 11) is 0. The van der Waals surface area contributed by atoms with Crippen molar-refractivity contribution >= 4 is 33.4 Å². The highest BCUT2D eigenvalue weighted by Gasteiger charge is 2.35. The molecule has 1 fully saturated rings. The molecule has 0 saturated heterocycles. The third-order valence-electron chi connectivity index (χ3n) is 3.91. The Hall–Kier alpha value is -0.610. The van der Waals surface area contributed by atoms with E-state index in [2.05, 4.69) is 28.2 Å². The van der Waals surface area contributed by atoms with Crippen molar-refractivity contribution in [3.63, 3.8) is 0 Å². The van der Waals surface area contributed by atoms with Crippen LogP contribution >= 0.6 is 27.5 Å². The molecule has 1 aliphatic carbocycles. The Bertz CT molecular complexity index is 511. The lowest BCUT2D eigenvalue weighted by Crippen LogP contribution is -2.52. The maximum atomic E-state index is 13.5. The van der Waals surface area contributed by atoms with Crippen molar-refractivity contribution in [3.8, 4) is 0 Å². The summed E-state index contributed by atoms with van der Waals surface area (Å²) >= 11 is 9.18. The van der Waals surface area contributed by atoms with Gasteiger partial charge in [-0.05, 0) is 52.9 Å². The summed E-state index contributed by atoms with van der Waals surface area (Å²) in [5.41, 5.74) is -0.0340. The van der Waals surface area contributed by atoms with Gasteiger partial charge in [-0.3, -0.25) is 4.79 Å². The van der Waals surface area contributed by atoms with Crippen LogP contribution in [0.3, 0.4) is 0 Å². The predicted octanol–water partition coefficient (Wildman–Crippen LogP) is 4.51. The lowest BCUT2D eigenvalue weighted by molar-refractivity contribution is 0.0867. The van der Waals surface area contributed by atoms with Crippen LogP contribution in [0.1, 0.15) is 43.0 Å². The molecule has 2 nitrogen and oxygen atoms in total. The maximum absolute atomic E-state index is 13.5. The van der Waals surface area contributed by atoms with Crippen molar-refractivity contribution in [2.24, 2.45) is 5.92 Å². The maximum Gasteiger partial charge on any atom is 0.251 e. The van der Waals surface area contributed by atoms with Crippen molar-refractivity contribution < 1.29 is 9.18 Å². The molecule has 110 valence electrons. The third-order valence-corrected chi connectivity index (χ3v) is 5.06. The Labute approximate surface area is 132 Å². The van der Waals surface area contributed by atoms with Gasteiger partial charge in [-0.15, -0.1) is 11.6 Å². The van der Waals surface area contributed by atoms with E-state index in [0.29, 0.717) is 21.8 Å². The van der Waals surface area contributed by atoms with Gasteiger partial charge in [0.1, 0.15) is 5.82 Å². The Morgan fingerprint density at radius 3 is 2.95 bits per heavy atom. The van der Waals surface area contributed by atoms with E-state index >= 15 is 0 Å². The molecule has 1 amide bonds. The first-order valence-electron chi connectivity index (χ1n) is 6.79. The number of amides is 1. The van der Waals surface area contributed by atoms with E-state index in [1.807, 2.05) is 0 Å². The SMILES string of the molecule is CC1CCCC(CCl)(NC(=O)c2ccc(Br)c(F)c2)C1. The van der Waals surface area contributed by atoms with Crippen LogP contribution in [0, 0.1) is 11.7 Å². The number of benzene rings is 1. The number of alkyl halides is 1. The number of halogens is 3. The van der Waals surface area contributed by atoms with Crippen molar-refractivity contribution in [1.82, 2.24) is 5.32 Å². The van der Waals surface area contributed by atoms with Crippen LogP contribution in [0.2, 0.25) is 0 Å². The molecule has 1 aromatic rings. The van der Waals surface area contributed by atoms with E-state index in [1.54, 1.807) is 12.1 Å². The molecule has 2 atom stereocenters. The van der Waals surface area contributed by atoms with Crippen LogP contribution in [0.5, 0.6) is 0 Å². The van der Waals surface area contributed by atoms with Gasteiger partial charge >= 0.3 is 0 Å². The van der Waals surface area contributed by atoms with E-state index in [1.165, 1.54) is 12.5 Å². The molecule has 0 spiro atoms. The molecule has 0 aliphatic heterocycles. The van der Waals surface area contributed by atoms with Crippen LogP contribution in [-0.2, 0) is 0 Å². The van der Waals surface area contributed by atoms with Gasteiger partial charge in [-0.25, -0.2) is 4.39 Å². The van der Waals surface area contributed by atoms with Crippen molar-refractivity contribution in [2.75, 3.05) is 5.88 Å². The highest BCUT2D eigenvalue weighted by molar-refractivity contribution is 9.10. The normalized spacial score (nSPS) is 26.3. The summed E-state index contributed by atoms with van der Waals surface area (Å²) in [5, 5.41) is 3.02. The highest BCUT2D eigenvalue weighted by Crippen LogP contribution is 2.33. The molecule has 1 N–H and O–H groups in total. The van der Waals surface area contributed by atoms with Gasteiger partial charge in [0, 0.05) is 11.4 Å². The largest absolute Gasteiger partial charge is 0.345 e. The molecule has 0 bridgehead atoms. The summed E-state index contributed by atoms with van der Waals surface area (Å²) in [5.74, 6) is 0.243. The first-order valence-corrected chi connectivity index (χ1v) is 8.12. The number of nitrogens with one attached hydrogen (secondary N) is 1. The van der Waals surface area contributed by atoms with Crippen molar-refractivity contribution in [3.05, 3.63) is 34.1 Å². The van der Waals surface area contributed by atoms with Crippen LogP contribution < -0.4 is 5.32 Å². The fraction of sp³-hybridized carbons (Fsp3) is 0.533. The smallest absolute Gasteiger partial charge is 0.251 e. The molecular formula is C15H18BrClFNO. The minimum absolute atomic E-state index is 0.258. The van der Waals surface area contributed by atoms with E-state index in [9.17, 15) is 9.18 Å². The van der Waals surface area contributed by atoms with Gasteiger partial charge < -0.3 is 5.32 Å². The second kappa shape index (κ2) is 6.44. The predicted molar refractivity (Wildman–Crippen MR) is 82.6 cm³/mol. The summed E-state index contributed by atoms with van der Waals surface area (Å²) in [4.78, 5) is 12.3. The lowest BCUT2D eigenvalue weighted by Gasteiger charge is -2.39. The van der Waals surface area contributed by atoms with E-state index in [4.69, 9.17) is 11.6 Å². The van der Waals surface area contributed by atoms with Crippen LogP contribution in [0.4, 0.5) is 4.39 Å². The van der Waals surface area contributed by atoms with Gasteiger partial charge in [0.05, 0.1) is 10.0 Å². The van der Waals surface area contributed by atoms with Gasteiger partial charge in [0.2, 0.25) is 0 Å². The molecule has 0 radical (unpaired) electrons. The van der Waals surface area contributed by atoms with Gasteiger partial charge in [0.15, 0.2) is 0 Å². The monoisotopic (exact) mass is 361 g/mol.